The van der Waals surface area contributed by atoms with Crippen molar-refractivity contribution in [2.75, 3.05) is 26.1 Å². The van der Waals surface area contributed by atoms with Gasteiger partial charge in [-0.3, -0.25) is 0 Å². The SMILES string of the molecule is C=C1C[C@H](CC[C@@]23C[C@H]4O[C@H]5[C@@H](O2)[C@H]2OCCC[C@@H]2O[C@H]5[C@H]4O3)O[C@H]1CC[C@H]1C[C@@H](C)C(=C)[C@@H](C[C@@H]2O[C@H](C[C@H](O)CO)[C@H](OC)[C@H]2CS(=O)(=O)c2ccccc2)O1. The molecule has 0 saturated carbocycles. The zero-order valence-corrected chi connectivity index (χ0v) is 34.6. The van der Waals surface area contributed by atoms with Crippen molar-refractivity contribution >= 4 is 9.84 Å². The third-order valence-electron chi connectivity index (χ3n) is 14.3. The Balaban J connectivity index is 0.812. The van der Waals surface area contributed by atoms with E-state index in [1.165, 1.54) is 7.11 Å². The van der Waals surface area contributed by atoms with E-state index in [0.29, 0.717) is 25.9 Å². The number of methoxy groups -OCH3 is 1. The zero-order chi connectivity index (χ0) is 40.3. The number of aliphatic hydroxyl groups is 2. The van der Waals surface area contributed by atoms with E-state index in [4.69, 9.17) is 42.6 Å². The zero-order valence-electron chi connectivity index (χ0n) is 33.8. The quantitative estimate of drug-likeness (QED) is 0.243. The standard InChI is InChI=1S/C44H62O13S/c1-24-17-28(52-34(26(24)3)20-35-31(23-58(47,48)30-9-6-5-7-10-30)38(49-4)36(53-35)19-27(46)22-45)12-13-32-25(2)18-29(51-32)14-15-44-21-37-40(56-44)41-42(55-37)43(57-44)39-33(54-41)11-8-16-50-39/h5-7,9-10,24,27-29,31-43,45-46H,2-3,8,11-23H2,1,4H3/t24-,27+,28+,29+,31+,32+,33+,34-,35+,36-,37-,38-,39+,40+,41+,42-,43+,44+/m1/s1. The topological polar surface area (TPSA) is 158 Å². The molecule has 6 bridgehead atoms. The largest absolute Gasteiger partial charge is 0.394 e. The van der Waals surface area contributed by atoms with Crippen molar-refractivity contribution < 1.29 is 61.3 Å². The smallest absolute Gasteiger partial charge is 0.178 e. The average Bonchev–Trinajstić information content (AvgIpc) is 3.90. The van der Waals surface area contributed by atoms with Crippen LogP contribution in [0.2, 0.25) is 0 Å². The predicted molar refractivity (Wildman–Crippen MR) is 210 cm³/mol. The van der Waals surface area contributed by atoms with Gasteiger partial charge in [0, 0.05) is 45.3 Å². The first kappa shape index (κ1) is 41.6. The normalized spacial score (nSPS) is 45.1. The number of rotatable bonds is 15. The summed E-state index contributed by atoms with van der Waals surface area (Å²) in [6.07, 6.45) is 3.88. The monoisotopic (exact) mass is 830 g/mol. The minimum Gasteiger partial charge on any atom is -0.394 e. The van der Waals surface area contributed by atoms with Crippen LogP contribution in [0, 0.1) is 11.8 Å². The van der Waals surface area contributed by atoms with Crippen LogP contribution in [0.3, 0.4) is 0 Å². The molecule has 0 spiro atoms. The molecule has 18 atom stereocenters. The summed E-state index contributed by atoms with van der Waals surface area (Å²) in [4.78, 5) is 0.237. The van der Waals surface area contributed by atoms with Gasteiger partial charge in [-0.25, -0.2) is 8.42 Å². The third-order valence-corrected chi connectivity index (χ3v) is 16.1. The molecule has 13 nitrogen and oxygen atoms in total. The second-order valence-corrected chi connectivity index (χ2v) is 20.2. The van der Waals surface area contributed by atoms with E-state index in [1.807, 2.05) is 0 Å². The van der Waals surface area contributed by atoms with Gasteiger partial charge in [0.15, 0.2) is 15.6 Å². The molecule has 0 aliphatic carbocycles. The summed E-state index contributed by atoms with van der Waals surface area (Å²) >= 11 is 0. The molecule has 0 radical (unpaired) electrons. The molecule has 0 amide bonds. The Morgan fingerprint density at radius 2 is 1.66 bits per heavy atom. The van der Waals surface area contributed by atoms with E-state index in [9.17, 15) is 18.6 Å². The molecular weight excluding hydrogens is 769 g/mol. The summed E-state index contributed by atoms with van der Waals surface area (Å²) < 4.78 is 85.9. The van der Waals surface area contributed by atoms with Crippen LogP contribution in [0.5, 0.6) is 0 Å². The molecule has 0 unspecified atom stereocenters. The average molecular weight is 831 g/mol. The third kappa shape index (κ3) is 8.04. The molecule has 2 N–H and O–H groups in total. The van der Waals surface area contributed by atoms with Gasteiger partial charge in [-0.1, -0.05) is 38.3 Å². The number of hydrogen-bond donors (Lipinski definition) is 2. The van der Waals surface area contributed by atoms with Gasteiger partial charge in [-0.2, -0.15) is 0 Å². The van der Waals surface area contributed by atoms with Crippen LogP contribution in [0.15, 0.2) is 59.5 Å². The number of hydrogen-bond acceptors (Lipinski definition) is 13. The fourth-order valence-corrected chi connectivity index (χ4v) is 13.0. The first-order valence-electron chi connectivity index (χ1n) is 21.6. The van der Waals surface area contributed by atoms with E-state index >= 15 is 0 Å². The Kier molecular flexibility index (Phi) is 12.1. The number of aliphatic hydroxyl groups excluding tert-OH is 2. The predicted octanol–water partition coefficient (Wildman–Crippen LogP) is 4.21. The molecule has 9 heterocycles. The van der Waals surface area contributed by atoms with Crippen LogP contribution in [-0.4, -0.2) is 142 Å². The van der Waals surface area contributed by atoms with Crippen molar-refractivity contribution in [3.05, 3.63) is 54.6 Å². The van der Waals surface area contributed by atoms with Gasteiger partial charge in [0.05, 0.1) is 78.3 Å². The Hall–Kier alpha value is -1.79. The summed E-state index contributed by atoms with van der Waals surface area (Å²) in [5.41, 5.74) is 2.05. The Labute approximate surface area is 342 Å². The second kappa shape index (κ2) is 16.8. The van der Waals surface area contributed by atoms with Crippen LogP contribution in [0.25, 0.3) is 0 Å². The van der Waals surface area contributed by atoms with Crippen LogP contribution >= 0.6 is 0 Å². The van der Waals surface area contributed by atoms with Gasteiger partial charge < -0.3 is 52.8 Å². The van der Waals surface area contributed by atoms with Crippen molar-refractivity contribution in [1.82, 2.24) is 0 Å². The van der Waals surface area contributed by atoms with Gasteiger partial charge in [0.25, 0.3) is 0 Å². The summed E-state index contributed by atoms with van der Waals surface area (Å²) in [5, 5.41) is 20.0. The lowest BCUT2D eigenvalue weighted by Crippen LogP contribution is -2.60. The molecule has 9 saturated heterocycles. The highest BCUT2D eigenvalue weighted by Crippen LogP contribution is 2.54. The number of benzene rings is 1. The Morgan fingerprint density at radius 3 is 2.45 bits per heavy atom. The molecule has 10 rings (SSSR count). The maximum atomic E-state index is 13.7. The minimum atomic E-state index is -3.69. The Morgan fingerprint density at radius 1 is 0.897 bits per heavy atom. The van der Waals surface area contributed by atoms with Crippen LogP contribution < -0.4 is 0 Å². The summed E-state index contributed by atoms with van der Waals surface area (Å²) in [6, 6.07) is 8.40. The first-order valence-corrected chi connectivity index (χ1v) is 23.3. The number of fused-ring (bicyclic) bond motifs is 1. The Bertz CT molecular complexity index is 1740. The summed E-state index contributed by atoms with van der Waals surface area (Å²) in [7, 11) is -2.16. The van der Waals surface area contributed by atoms with E-state index in [1.54, 1.807) is 30.3 Å². The number of sulfone groups is 1. The number of ether oxygens (including phenoxy) is 9. The fourth-order valence-electron chi connectivity index (χ4n) is 11.3. The van der Waals surface area contributed by atoms with Crippen molar-refractivity contribution in [3.63, 3.8) is 0 Å². The lowest BCUT2D eigenvalue weighted by Gasteiger charge is -2.45. The van der Waals surface area contributed by atoms with E-state index in [-0.39, 0.29) is 90.1 Å². The molecule has 9 fully saturated rings. The highest BCUT2D eigenvalue weighted by molar-refractivity contribution is 7.91. The summed E-state index contributed by atoms with van der Waals surface area (Å²) in [5.74, 6) is -1.26. The summed E-state index contributed by atoms with van der Waals surface area (Å²) in [6.45, 7) is 11.3. The molecule has 58 heavy (non-hydrogen) atoms. The van der Waals surface area contributed by atoms with Crippen molar-refractivity contribution in [2.24, 2.45) is 11.8 Å². The van der Waals surface area contributed by atoms with Gasteiger partial charge in [-0.05, 0) is 74.1 Å². The molecule has 14 heteroatoms. The maximum Gasteiger partial charge on any atom is 0.178 e. The fraction of sp³-hybridized carbons (Fsp3) is 0.773. The highest BCUT2D eigenvalue weighted by atomic mass is 32.2. The second-order valence-electron chi connectivity index (χ2n) is 18.2. The van der Waals surface area contributed by atoms with Gasteiger partial charge >= 0.3 is 0 Å². The minimum absolute atomic E-state index is 0.0139. The highest BCUT2D eigenvalue weighted by Gasteiger charge is 2.68. The van der Waals surface area contributed by atoms with Crippen molar-refractivity contribution in [1.29, 1.82) is 0 Å². The molecule has 0 aromatic heterocycles. The molecule has 9 aliphatic rings. The van der Waals surface area contributed by atoms with E-state index in [0.717, 1.165) is 56.1 Å². The van der Waals surface area contributed by atoms with E-state index < -0.39 is 52.6 Å². The van der Waals surface area contributed by atoms with Gasteiger partial charge in [-0.15, -0.1) is 0 Å². The van der Waals surface area contributed by atoms with Crippen LogP contribution in [0.1, 0.15) is 77.6 Å². The molecule has 1 aromatic carbocycles. The van der Waals surface area contributed by atoms with Crippen LogP contribution in [-0.2, 0) is 52.5 Å². The molecule has 9 aliphatic heterocycles. The molecule has 1 aromatic rings. The van der Waals surface area contributed by atoms with Gasteiger partial charge in [0.2, 0.25) is 0 Å². The molecule has 322 valence electrons. The van der Waals surface area contributed by atoms with Gasteiger partial charge in [0.1, 0.15) is 30.5 Å². The van der Waals surface area contributed by atoms with Crippen LogP contribution in [0.4, 0.5) is 0 Å². The van der Waals surface area contributed by atoms with Crippen molar-refractivity contribution in [2.45, 2.75) is 180 Å². The lowest BCUT2D eigenvalue weighted by atomic mass is 9.83. The van der Waals surface area contributed by atoms with E-state index in [2.05, 4.69) is 20.1 Å². The lowest BCUT2D eigenvalue weighted by molar-refractivity contribution is -0.285. The first-order chi connectivity index (χ1) is 27.9. The van der Waals surface area contributed by atoms with Crippen molar-refractivity contribution in [3.8, 4) is 0 Å². The molecular formula is C44H62O13S. The maximum absolute atomic E-state index is 13.7.